The molecule has 3 aliphatic rings. The molecule has 3 aromatic carbocycles. The Morgan fingerprint density at radius 2 is 1.80 bits per heavy atom. The number of nitrogens with one attached hydrogen (secondary N) is 3. The van der Waals surface area contributed by atoms with Crippen LogP contribution in [0.4, 0.5) is 16.2 Å². The minimum atomic E-state index is -3.86. The van der Waals surface area contributed by atoms with E-state index in [1.807, 2.05) is 25.1 Å². The minimum absolute atomic E-state index is 0.0669. The average Bonchev–Trinajstić information content (AvgIpc) is 3.87. The van der Waals surface area contributed by atoms with E-state index in [1.54, 1.807) is 43.6 Å². The highest BCUT2D eigenvalue weighted by Crippen LogP contribution is 2.38. The van der Waals surface area contributed by atoms with E-state index < -0.39 is 32.7 Å². The van der Waals surface area contributed by atoms with Crippen LogP contribution in [0.1, 0.15) is 52.1 Å². The molecule has 1 fully saturated rings. The van der Waals surface area contributed by atoms with Crippen molar-refractivity contribution in [3.63, 3.8) is 0 Å². The molecule has 0 spiro atoms. The zero-order valence-electron chi connectivity index (χ0n) is 24.9. The number of H-pyrrole nitrogens is 1. The van der Waals surface area contributed by atoms with Crippen molar-refractivity contribution >= 4 is 44.0 Å². The molecule has 12 heteroatoms. The van der Waals surface area contributed by atoms with Crippen LogP contribution in [-0.2, 0) is 32.3 Å². The number of hydrogen-bond acceptors (Lipinski definition) is 8. The summed E-state index contributed by atoms with van der Waals surface area (Å²) in [6, 6.07) is 16.4. The molecule has 2 amide bonds. The fourth-order valence-corrected chi connectivity index (χ4v) is 7.43. The fraction of sp³-hybridized carbons (Fsp3) is 0.303. The summed E-state index contributed by atoms with van der Waals surface area (Å²) in [5, 5.41) is 17.6. The number of amides is 2. The molecule has 1 unspecified atom stereocenters. The monoisotopic (exact) mass is 630 g/mol. The minimum Gasteiger partial charge on any atom is -0.449 e. The Kier molecular flexibility index (Phi) is 8.10. The lowest BCUT2D eigenvalue weighted by Crippen LogP contribution is -2.35. The molecular weight excluding hydrogens is 596 g/mol. The Labute approximate surface area is 260 Å². The molecule has 1 aliphatic carbocycles. The summed E-state index contributed by atoms with van der Waals surface area (Å²) in [5.41, 5.74) is 1.88. The number of fused-ring (bicyclic) bond motifs is 10. The number of aliphatic hydroxyl groups excluding tert-OH is 1. The van der Waals surface area contributed by atoms with Crippen molar-refractivity contribution in [3.8, 4) is 0 Å². The Bertz CT molecular complexity index is 1970. The van der Waals surface area contributed by atoms with Gasteiger partial charge in [0.25, 0.3) is 5.56 Å². The van der Waals surface area contributed by atoms with Crippen LogP contribution < -0.4 is 16.2 Å². The molecule has 0 radical (unpaired) electrons. The number of nitrogens with zero attached hydrogens (tertiary/aromatic N) is 1. The van der Waals surface area contributed by atoms with Crippen molar-refractivity contribution in [2.75, 3.05) is 24.3 Å². The first-order chi connectivity index (χ1) is 21.5. The quantitative estimate of drug-likeness (QED) is 0.254. The summed E-state index contributed by atoms with van der Waals surface area (Å²) in [7, 11) is -2.27. The second-order valence-corrected chi connectivity index (χ2v) is 13.9. The predicted octanol–water partition coefficient (Wildman–Crippen LogP) is 4.32. The normalized spacial score (nSPS) is 18.4. The predicted molar refractivity (Wildman–Crippen MR) is 171 cm³/mol. The van der Waals surface area contributed by atoms with Crippen LogP contribution in [0, 0.1) is 6.92 Å². The van der Waals surface area contributed by atoms with E-state index in [4.69, 9.17) is 4.74 Å². The van der Waals surface area contributed by atoms with Gasteiger partial charge in [-0.1, -0.05) is 30.3 Å². The number of anilines is 2. The lowest BCUT2D eigenvalue weighted by atomic mass is 9.97. The number of hydrogen-bond donors (Lipinski definition) is 4. The molecule has 11 nitrogen and oxygen atoms in total. The molecule has 0 saturated heterocycles. The third-order valence-corrected chi connectivity index (χ3v) is 10.7. The summed E-state index contributed by atoms with van der Waals surface area (Å²) >= 11 is 0. The Morgan fingerprint density at radius 1 is 1.00 bits per heavy atom. The number of aromatic amines is 1. The maximum absolute atomic E-state index is 14.2. The number of carbonyl (C=O) groups is 2. The highest BCUT2D eigenvalue weighted by atomic mass is 32.2. The second-order valence-electron chi connectivity index (χ2n) is 11.6. The van der Waals surface area contributed by atoms with E-state index in [2.05, 4.69) is 15.6 Å². The number of ether oxygens (including phenoxy) is 1. The van der Waals surface area contributed by atoms with E-state index in [1.165, 1.54) is 17.0 Å². The smallest absolute Gasteiger partial charge is 0.411 e. The number of rotatable bonds is 5. The number of sulfone groups is 1. The summed E-state index contributed by atoms with van der Waals surface area (Å²) in [4.78, 5) is 43.4. The van der Waals surface area contributed by atoms with Crippen LogP contribution in [0.2, 0.25) is 0 Å². The van der Waals surface area contributed by atoms with E-state index in [0.717, 1.165) is 16.5 Å². The first-order valence-electron chi connectivity index (χ1n) is 14.7. The molecule has 2 atom stereocenters. The summed E-state index contributed by atoms with van der Waals surface area (Å²) in [5.74, 6) is -0.334. The number of aliphatic hydroxyl groups is 1. The van der Waals surface area contributed by atoms with Crippen LogP contribution in [0.25, 0.3) is 10.8 Å². The van der Waals surface area contributed by atoms with Crippen molar-refractivity contribution < 1.29 is 27.9 Å². The first-order valence-corrected chi connectivity index (χ1v) is 16.3. The van der Waals surface area contributed by atoms with Crippen LogP contribution in [-0.4, -0.2) is 54.3 Å². The maximum atomic E-state index is 14.2. The Hall–Kier alpha value is -4.68. The number of benzene rings is 3. The molecule has 2 aliphatic heterocycles. The van der Waals surface area contributed by atoms with E-state index in [-0.39, 0.29) is 30.2 Å². The maximum Gasteiger partial charge on any atom is 0.411 e. The zero-order chi connectivity index (χ0) is 31.9. The van der Waals surface area contributed by atoms with E-state index in [9.17, 15) is 27.9 Å². The Balaban J connectivity index is 1.41. The van der Waals surface area contributed by atoms with Crippen molar-refractivity contribution in [1.82, 2.24) is 9.88 Å². The molecule has 45 heavy (non-hydrogen) atoms. The van der Waals surface area contributed by atoms with Gasteiger partial charge < -0.3 is 25.0 Å². The average molecular weight is 631 g/mol. The third kappa shape index (κ3) is 6.29. The van der Waals surface area contributed by atoms with E-state index in [0.29, 0.717) is 47.2 Å². The SMILES string of the molecule is Cc1cc2ccc1CCOC(=O)Nc1ccc(C(O)S(=O)(=O)C3CC3)c(c1)CN(C)C(=O)[C@@H]2Nc1ccc2cc[nH]c(=O)c2c1. The van der Waals surface area contributed by atoms with Gasteiger partial charge in [0.2, 0.25) is 5.91 Å². The van der Waals surface area contributed by atoms with E-state index >= 15 is 0 Å². The zero-order valence-corrected chi connectivity index (χ0v) is 25.7. The standard InChI is InChI=1S/C33H34N4O7S/c1-19-15-22-4-3-20(19)12-14-44-33(41)36-24-7-10-27(32(40)45(42,43)26-8-9-26)23(16-24)18-37(2)31(39)29(22)35-25-6-5-21-11-13-34-30(38)28(21)17-25/h3-7,10-11,13,15-17,26,29,32,35,40H,8-9,12,14,18H2,1-2H3,(H,34,38)(H,36,41)/t29-,32?/m1/s1. The third-order valence-electron chi connectivity index (χ3n) is 8.38. The molecule has 7 rings (SSSR count). The van der Waals surface area contributed by atoms with Crippen LogP contribution in [0.3, 0.4) is 0 Å². The summed E-state index contributed by atoms with van der Waals surface area (Å²) in [6.07, 6.45) is 2.34. The molecule has 1 aromatic heterocycles. The highest BCUT2D eigenvalue weighted by molar-refractivity contribution is 7.92. The molecule has 234 valence electrons. The van der Waals surface area contributed by atoms with Gasteiger partial charge >= 0.3 is 6.09 Å². The largest absolute Gasteiger partial charge is 0.449 e. The summed E-state index contributed by atoms with van der Waals surface area (Å²) in [6.45, 7) is 1.97. The lowest BCUT2D eigenvalue weighted by molar-refractivity contribution is -0.131. The first kappa shape index (κ1) is 30.4. The molecule has 4 bridgehead atoms. The van der Waals surface area contributed by atoms with Crippen molar-refractivity contribution in [2.24, 2.45) is 0 Å². The van der Waals surface area contributed by atoms with Crippen LogP contribution in [0.5, 0.6) is 0 Å². The van der Waals surface area contributed by atoms with Crippen LogP contribution >= 0.6 is 0 Å². The molecule has 4 N–H and O–H groups in total. The second kappa shape index (κ2) is 12.0. The molecule has 1 saturated carbocycles. The van der Waals surface area contributed by atoms with Gasteiger partial charge in [0.1, 0.15) is 6.04 Å². The lowest BCUT2D eigenvalue weighted by Gasteiger charge is -2.28. The number of pyridine rings is 1. The molecular formula is C33H34N4O7S. The summed E-state index contributed by atoms with van der Waals surface area (Å²) < 4.78 is 31.4. The number of likely N-dealkylation sites (N-methyl/N-ethyl adjacent to an activating group) is 1. The van der Waals surface area contributed by atoms with Gasteiger partial charge in [-0.3, -0.25) is 14.9 Å². The topological polar surface area (TPSA) is 158 Å². The van der Waals surface area contributed by atoms with Crippen molar-refractivity contribution in [2.45, 2.75) is 49.5 Å². The molecule has 3 heterocycles. The number of aryl methyl sites for hydroxylation is 1. The van der Waals surface area contributed by atoms with Gasteiger partial charge in [0.05, 0.1) is 11.9 Å². The van der Waals surface area contributed by atoms with Crippen LogP contribution in [0.15, 0.2) is 71.7 Å². The highest BCUT2D eigenvalue weighted by Gasteiger charge is 2.42. The van der Waals surface area contributed by atoms with Gasteiger partial charge in [-0.2, -0.15) is 0 Å². The molecule has 4 aromatic rings. The van der Waals surface area contributed by atoms with Gasteiger partial charge in [0, 0.05) is 48.5 Å². The number of aromatic nitrogens is 1. The Morgan fingerprint density at radius 3 is 2.56 bits per heavy atom. The van der Waals surface area contributed by atoms with Gasteiger partial charge in [-0.05, 0) is 77.7 Å². The van der Waals surface area contributed by atoms with Gasteiger partial charge in [0.15, 0.2) is 15.3 Å². The van der Waals surface area contributed by atoms with Crippen molar-refractivity contribution in [1.29, 1.82) is 0 Å². The van der Waals surface area contributed by atoms with Crippen molar-refractivity contribution in [3.05, 3.63) is 105 Å². The van der Waals surface area contributed by atoms with Gasteiger partial charge in [-0.15, -0.1) is 0 Å². The van der Waals surface area contributed by atoms with Gasteiger partial charge in [-0.25, -0.2) is 13.2 Å². The fourth-order valence-electron chi connectivity index (χ4n) is 5.69. The number of carbonyl (C=O) groups excluding carboxylic acids is 2.